The van der Waals surface area contributed by atoms with Crippen LogP contribution in [0.1, 0.15) is 11.3 Å². The molecule has 28 heavy (non-hydrogen) atoms. The van der Waals surface area contributed by atoms with Gasteiger partial charge in [-0.15, -0.1) is 0 Å². The van der Waals surface area contributed by atoms with Crippen LogP contribution in [0.2, 0.25) is 0 Å². The van der Waals surface area contributed by atoms with Gasteiger partial charge >= 0.3 is 0 Å². The van der Waals surface area contributed by atoms with Crippen molar-refractivity contribution >= 4 is 23.1 Å². The zero-order chi connectivity index (χ0) is 19.5. The van der Waals surface area contributed by atoms with E-state index in [0.717, 1.165) is 11.3 Å². The molecule has 0 spiro atoms. The number of likely N-dealkylation sites (N-methyl/N-ethyl adjacent to an activating group) is 1. The van der Waals surface area contributed by atoms with E-state index in [9.17, 15) is 9.59 Å². The van der Waals surface area contributed by atoms with Crippen LogP contribution < -0.4 is 4.90 Å². The summed E-state index contributed by atoms with van der Waals surface area (Å²) in [5.74, 6) is -0.625. The third-order valence-corrected chi connectivity index (χ3v) is 4.73. The zero-order valence-corrected chi connectivity index (χ0v) is 15.4. The van der Waals surface area contributed by atoms with E-state index in [2.05, 4.69) is 4.98 Å². The number of anilines is 1. The van der Waals surface area contributed by atoms with Crippen LogP contribution in [0.15, 0.2) is 90.8 Å². The molecule has 0 radical (unpaired) electrons. The topological polar surface area (TPSA) is 53.5 Å². The second-order valence-corrected chi connectivity index (χ2v) is 6.50. The maximum atomic E-state index is 13.3. The number of nitrogens with zero attached hydrogens (tertiary/aromatic N) is 3. The van der Waals surface area contributed by atoms with Crippen LogP contribution >= 0.6 is 0 Å². The number of rotatable bonds is 5. The van der Waals surface area contributed by atoms with Crippen molar-refractivity contribution in [2.75, 3.05) is 11.9 Å². The highest BCUT2D eigenvalue weighted by Crippen LogP contribution is 2.33. The van der Waals surface area contributed by atoms with E-state index in [1.54, 1.807) is 17.2 Å². The highest BCUT2D eigenvalue weighted by atomic mass is 16.2. The summed E-state index contributed by atoms with van der Waals surface area (Å²) in [7, 11) is 1.81. The molecule has 0 atom stereocenters. The van der Waals surface area contributed by atoms with Crippen LogP contribution in [0.3, 0.4) is 0 Å². The Balaban J connectivity index is 1.79. The Morgan fingerprint density at radius 1 is 0.821 bits per heavy atom. The van der Waals surface area contributed by atoms with Gasteiger partial charge in [-0.3, -0.25) is 19.5 Å². The van der Waals surface area contributed by atoms with Crippen LogP contribution in [0.25, 0.3) is 5.57 Å². The highest BCUT2D eigenvalue weighted by Gasteiger charge is 2.41. The average Bonchev–Trinajstić information content (AvgIpc) is 3.00. The molecule has 0 aliphatic carbocycles. The minimum atomic E-state index is -0.319. The summed E-state index contributed by atoms with van der Waals surface area (Å²) < 4.78 is 0. The van der Waals surface area contributed by atoms with E-state index in [4.69, 9.17) is 0 Å². The van der Waals surface area contributed by atoms with Gasteiger partial charge in [-0.2, -0.15) is 0 Å². The van der Waals surface area contributed by atoms with E-state index in [0.29, 0.717) is 17.0 Å². The molecule has 0 saturated heterocycles. The standard InChI is InChI=1S/C23H19N3O2/c1-25(19-13-6-3-7-14-19)21-20(17-10-4-2-5-11-17)22(27)26(23(21)28)16-18-12-8-9-15-24-18/h2-15H,16H2,1H3. The number of benzene rings is 2. The maximum absolute atomic E-state index is 13.3. The Kier molecular flexibility index (Phi) is 4.72. The van der Waals surface area contributed by atoms with Crippen molar-refractivity contribution in [1.82, 2.24) is 9.88 Å². The van der Waals surface area contributed by atoms with Crippen molar-refractivity contribution in [3.05, 3.63) is 102 Å². The lowest BCUT2D eigenvalue weighted by molar-refractivity contribution is -0.137. The molecule has 1 aliphatic rings. The molecule has 0 bridgehead atoms. The fraction of sp³-hybridized carbons (Fsp3) is 0.0870. The summed E-state index contributed by atoms with van der Waals surface area (Å²) in [6.07, 6.45) is 1.66. The predicted molar refractivity (Wildman–Crippen MR) is 108 cm³/mol. The first-order valence-electron chi connectivity index (χ1n) is 9.01. The van der Waals surface area contributed by atoms with Crippen LogP contribution in [0.4, 0.5) is 5.69 Å². The largest absolute Gasteiger partial charge is 0.339 e. The van der Waals surface area contributed by atoms with Gasteiger partial charge in [-0.1, -0.05) is 54.6 Å². The van der Waals surface area contributed by atoms with Gasteiger partial charge in [-0.05, 0) is 29.8 Å². The lowest BCUT2D eigenvalue weighted by Crippen LogP contribution is -2.34. The molecule has 5 heteroatoms. The molecule has 0 unspecified atom stereocenters. The van der Waals surface area contributed by atoms with Gasteiger partial charge in [0.2, 0.25) is 0 Å². The summed E-state index contributed by atoms with van der Waals surface area (Å²) in [5, 5.41) is 0. The first kappa shape index (κ1) is 17.7. The molecule has 1 aliphatic heterocycles. The number of hydrogen-bond donors (Lipinski definition) is 0. The van der Waals surface area contributed by atoms with Crippen molar-refractivity contribution in [2.24, 2.45) is 0 Å². The Morgan fingerprint density at radius 2 is 1.46 bits per heavy atom. The molecule has 2 aromatic carbocycles. The number of aromatic nitrogens is 1. The lowest BCUT2D eigenvalue weighted by atomic mass is 10.0. The summed E-state index contributed by atoms with van der Waals surface area (Å²) in [6, 6.07) is 24.3. The van der Waals surface area contributed by atoms with Gasteiger partial charge in [0.25, 0.3) is 11.8 Å². The summed E-state index contributed by atoms with van der Waals surface area (Å²) in [6.45, 7) is 0.140. The normalized spacial score (nSPS) is 14.0. The van der Waals surface area contributed by atoms with Crippen molar-refractivity contribution in [1.29, 1.82) is 0 Å². The van der Waals surface area contributed by atoms with Crippen molar-refractivity contribution in [3.63, 3.8) is 0 Å². The van der Waals surface area contributed by atoms with E-state index in [1.807, 2.05) is 79.8 Å². The van der Waals surface area contributed by atoms with E-state index in [1.165, 1.54) is 4.90 Å². The molecule has 138 valence electrons. The molecule has 1 aromatic heterocycles. The first-order valence-corrected chi connectivity index (χ1v) is 9.01. The predicted octanol–water partition coefficient (Wildman–Crippen LogP) is 3.50. The fourth-order valence-electron chi connectivity index (χ4n) is 3.32. The molecule has 5 nitrogen and oxygen atoms in total. The molecular formula is C23H19N3O2. The minimum Gasteiger partial charge on any atom is -0.339 e. The Hall–Kier alpha value is -3.73. The summed E-state index contributed by atoms with van der Waals surface area (Å²) in [5.41, 5.74) is 3.01. The highest BCUT2D eigenvalue weighted by molar-refractivity contribution is 6.36. The SMILES string of the molecule is CN(C1=C(c2ccccc2)C(=O)N(Cc2ccccn2)C1=O)c1ccccc1. The molecule has 3 aromatic rings. The monoisotopic (exact) mass is 369 g/mol. The quantitative estimate of drug-likeness (QED) is 0.646. The van der Waals surface area contributed by atoms with E-state index in [-0.39, 0.29) is 18.4 Å². The number of imide groups is 1. The maximum Gasteiger partial charge on any atom is 0.278 e. The van der Waals surface area contributed by atoms with E-state index < -0.39 is 0 Å². The van der Waals surface area contributed by atoms with Gasteiger partial charge in [0.15, 0.2) is 0 Å². The molecule has 4 rings (SSSR count). The molecule has 2 heterocycles. The summed E-state index contributed by atoms with van der Waals surface area (Å²) in [4.78, 5) is 33.9. The van der Waals surface area contributed by atoms with Crippen LogP contribution in [-0.2, 0) is 16.1 Å². The third-order valence-electron chi connectivity index (χ3n) is 4.73. The number of carbonyl (C=O) groups is 2. The average molecular weight is 369 g/mol. The van der Waals surface area contributed by atoms with Crippen LogP contribution in [-0.4, -0.2) is 28.7 Å². The van der Waals surface area contributed by atoms with Gasteiger partial charge in [-0.25, -0.2) is 0 Å². The zero-order valence-electron chi connectivity index (χ0n) is 15.4. The molecule has 0 saturated carbocycles. The molecular weight excluding hydrogens is 350 g/mol. The van der Waals surface area contributed by atoms with Gasteiger partial charge < -0.3 is 4.90 Å². The Morgan fingerprint density at radius 3 is 2.11 bits per heavy atom. The Bertz CT molecular complexity index is 1030. The lowest BCUT2D eigenvalue weighted by Gasteiger charge is -2.21. The smallest absolute Gasteiger partial charge is 0.278 e. The number of carbonyl (C=O) groups excluding carboxylic acids is 2. The Labute approximate surface area is 163 Å². The molecule has 2 amide bonds. The molecule has 0 fully saturated rings. The summed E-state index contributed by atoms with van der Waals surface area (Å²) >= 11 is 0. The second-order valence-electron chi connectivity index (χ2n) is 6.50. The number of hydrogen-bond acceptors (Lipinski definition) is 4. The van der Waals surface area contributed by atoms with Crippen LogP contribution in [0.5, 0.6) is 0 Å². The van der Waals surface area contributed by atoms with Gasteiger partial charge in [0.05, 0.1) is 17.8 Å². The van der Waals surface area contributed by atoms with Gasteiger partial charge in [0, 0.05) is 18.9 Å². The first-order chi connectivity index (χ1) is 13.7. The number of pyridine rings is 1. The van der Waals surface area contributed by atoms with E-state index >= 15 is 0 Å². The van der Waals surface area contributed by atoms with Crippen LogP contribution in [0, 0.1) is 0 Å². The van der Waals surface area contributed by atoms with Crippen molar-refractivity contribution in [3.8, 4) is 0 Å². The van der Waals surface area contributed by atoms with Crippen molar-refractivity contribution in [2.45, 2.75) is 6.54 Å². The van der Waals surface area contributed by atoms with Crippen molar-refractivity contribution < 1.29 is 9.59 Å². The minimum absolute atomic E-state index is 0.140. The number of para-hydroxylation sites is 1. The fourth-order valence-corrected chi connectivity index (χ4v) is 3.32. The van der Waals surface area contributed by atoms with Gasteiger partial charge in [0.1, 0.15) is 5.70 Å². The molecule has 0 N–H and O–H groups in total. The second kappa shape index (κ2) is 7.48. The number of amides is 2. The third kappa shape index (κ3) is 3.18.